The van der Waals surface area contributed by atoms with Gasteiger partial charge in [-0.3, -0.25) is 5.10 Å². The van der Waals surface area contributed by atoms with Crippen molar-refractivity contribution in [3.63, 3.8) is 0 Å². The fourth-order valence-corrected chi connectivity index (χ4v) is 2.70. The Morgan fingerprint density at radius 3 is 2.68 bits per heavy atom. The number of carbonyl (C=O) groups is 1. The topological polar surface area (TPSA) is 93.5 Å². The summed E-state index contributed by atoms with van der Waals surface area (Å²) in [6.45, 7) is 7.09. The van der Waals surface area contributed by atoms with Crippen LogP contribution in [0.3, 0.4) is 0 Å². The SMILES string of the molecule is CC(C)(C)OC(=O)N1CCO[C@@H](c2ccc(-c3cc(N)[nH]n3)cc2)C1. The minimum absolute atomic E-state index is 0.167. The lowest BCUT2D eigenvalue weighted by Gasteiger charge is -2.34. The lowest BCUT2D eigenvalue weighted by molar-refractivity contribution is -0.0432. The number of benzene rings is 1. The molecule has 0 radical (unpaired) electrons. The van der Waals surface area contributed by atoms with Crippen molar-refractivity contribution < 1.29 is 14.3 Å². The molecule has 1 saturated heterocycles. The molecule has 25 heavy (non-hydrogen) atoms. The van der Waals surface area contributed by atoms with E-state index < -0.39 is 5.60 Å². The van der Waals surface area contributed by atoms with Crippen molar-refractivity contribution in [1.29, 1.82) is 0 Å². The lowest BCUT2D eigenvalue weighted by Crippen LogP contribution is -2.44. The molecule has 134 valence electrons. The number of anilines is 1. The maximum atomic E-state index is 12.3. The first kappa shape index (κ1) is 17.3. The molecule has 1 aliphatic heterocycles. The van der Waals surface area contributed by atoms with Crippen LogP contribution in [0, 0.1) is 0 Å². The Bertz CT molecular complexity index is 734. The average Bonchev–Trinajstić information content (AvgIpc) is 3.00. The number of nitrogens with one attached hydrogen (secondary N) is 1. The minimum Gasteiger partial charge on any atom is -0.444 e. The van der Waals surface area contributed by atoms with E-state index in [4.69, 9.17) is 15.2 Å². The van der Waals surface area contributed by atoms with Crippen molar-refractivity contribution in [2.75, 3.05) is 25.4 Å². The highest BCUT2D eigenvalue weighted by Gasteiger charge is 2.28. The molecule has 0 saturated carbocycles. The largest absolute Gasteiger partial charge is 0.444 e. The van der Waals surface area contributed by atoms with Crippen LogP contribution in [0.4, 0.5) is 10.6 Å². The van der Waals surface area contributed by atoms with Gasteiger partial charge in [-0.15, -0.1) is 0 Å². The number of rotatable bonds is 2. The van der Waals surface area contributed by atoms with Crippen LogP contribution in [0.1, 0.15) is 32.4 Å². The molecule has 0 bridgehead atoms. The van der Waals surface area contributed by atoms with Gasteiger partial charge in [0, 0.05) is 18.2 Å². The molecular formula is C18H24N4O3. The molecule has 7 heteroatoms. The van der Waals surface area contributed by atoms with E-state index in [-0.39, 0.29) is 12.2 Å². The number of nitrogens with two attached hydrogens (primary N) is 1. The zero-order valence-electron chi connectivity index (χ0n) is 14.8. The Balaban J connectivity index is 1.68. The summed E-state index contributed by atoms with van der Waals surface area (Å²) in [7, 11) is 0. The molecule has 1 atom stereocenters. The van der Waals surface area contributed by atoms with Crippen LogP contribution < -0.4 is 5.73 Å². The van der Waals surface area contributed by atoms with Crippen molar-refractivity contribution in [3.8, 4) is 11.3 Å². The third-order valence-corrected chi connectivity index (χ3v) is 3.89. The highest BCUT2D eigenvalue weighted by molar-refractivity contribution is 5.68. The summed E-state index contributed by atoms with van der Waals surface area (Å²) in [5, 5.41) is 6.87. The quantitative estimate of drug-likeness (QED) is 0.873. The van der Waals surface area contributed by atoms with Crippen LogP contribution >= 0.6 is 0 Å². The molecule has 0 aliphatic carbocycles. The predicted octanol–water partition coefficient (Wildman–Crippen LogP) is 2.97. The summed E-state index contributed by atoms with van der Waals surface area (Å²) in [5.41, 5.74) is 7.94. The molecule has 2 aromatic rings. The third kappa shape index (κ3) is 4.30. The van der Waals surface area contributed by atoms with Gasteiger partial charge in [0.2, 0.25) is 0 Å². The summed E-state index contributed by atoms with van der Waals surface area (Å²) in [6.07, 6.45) is -0.469. The average molecular weight is 344 g/mol. The van der Waals surface area contributed by atoms with Crippen LogP contribution in [0.5, 0.6) is 0 Å². The first-order valence-corrected chi connectivity index (χ1v) is 8.32. The fraction of sp³-hybridized carbons (Fsp3) is 0.444. The zero-order chi connectivity index (χ0) is 18.0. The van der Waals surface area contributed by atoms with E-state index in [1.807, 2.05) is 45.0 Å². The van der Waals surface area contributed by atoms with E-state index in [9.17, 15) is 4.79 Å². The summed E-state index contributed by atoms with van der Waals surface area (Å²) >= 11 is 0. The number of hydrogen-bond acceptors (Lipinski definition) is 5. The van der Waals surface area contributed by atoms with Crippen LogP contribution in [0.15, 0.2) is 30.3 Å². The van der Waals surface area contributed by atoms with E-state index in [0.717, 1.165) is 16.8 Å². The van der Waals surface area contributed by atoms with Gasteiger partial charge in [0.25, 0.3) is 0 Å². The maximum Gasteiger partial charge on any atom is 0.410 e. The normalized spacial score (nSPS) is 18.2. The van der Waals surface area contributed by atoms with Gasteiger partial charge in [0.1, 0.15) is 17.5 Å². The number of amides is 1. The van der Waals surface area contributed by atoms with Crippen LogP contribution in [0.2, 0.25) is 0 Å². The Labute approximate surface area is 147 Å². The Morgan fingerprint density at radius 1 is 1.36 bits per heavy atom. The number of nitrogens with zero attached hydrogens (tertiary/aromatic N) is 2. The number of aromatic nitrogens is 2. The zero-order valence-corrected chi connectivity index (χ0v) is 14.8. The molecule has 2 heterocycles. The van der Waals surface area contributed by atoms with E-state index >= 15 is 0 Å². The number of carbonyl (C=O) groups excluding carboxylic acids is 1. The van der Waals surface area contributed by atoms with Crippen molar-refractivity contribution in [2.45, 2.75) is 32.5 Å². The van der Waals surface area contributed by atoms with Gasteiger partial charge < -0.3 is 20.1 Å². The molecule has 7 nitrogen and oxygen atoms in total. The molecule has 1 fully saturated rings. The van der Waals surface area contributed by atoms with Crippen molar-refractivity contribution in [1.82, 2.24) is 15.1 Å². The van der Waals surface area contributed by atoms with E-state index in [1.165, 1.54) is 0 Å². The first-order valence-electron chi connectivity index (χ1n) is 8.32. The molecule has 1 aliphatic rings. The minimum atomic E-state index is -0.502. The van der Waals surface area contributed by atoms with Gasteiger partial charge in [-0.1, -0.05) is 24.3 Å². The molecule has 1 aromatic carbocycles. The molecule has 1 amide bonds. The van der Waals surface area contributed by atoms with Gasteiger partial charge in [-0.2, -0.15) is 5.10 Å². The Morgan fingerprint density at radius 2 is 2.08 bits per heavy atom. The number of morpholine rings is 1. The second-order valence-corrected chi connectivity index (χ2v) is 7.12. The summed E-state index contributed by atoms with van der Waals surface area (Å²) in [5.74, 6) is 0.530. The van der Waals surface area contributed by atoms with Crippen LogP contribution in [-0.2, 0) is 9.47 Å². The summed E-state index contributed by atoms with van der Waals surface area (Å²) in [6, 6.07) is 9.71. The van der Waals surface area contributed by atoms with Crippen molar-refractivity contribution in [3.05, 3.63) is 35.9 Å². The fourth-order valence-electron chi connectivity index (χ4n) is 2.70. The van der Waals surface area contributed by atoms with Crippen LogP contribution in [-0.4, -0.2) is 46.5 Å². The molecule has 3 rings (SSSR count). The van der Waals surface area contributed by atoms with Gasteiger partial charge >= 0.3 is 6.09 Å². The van der Waals surface area contributed by atoms with E-state index in [0.29, 0.717) is 25.5 Å². The number of H-pyrrole nitrogens is 1. The highest BCUT2D eigenvalue weighted by atomic mass is 16.6. The van der Waals surface area contributed by atoms with Crippen LogP contribution in [0.25, 0.3) is 11.3 Å². The molecule has 0 spiro atoms. The number of ether oxygens (including phenoxy) is 2. The Hall–Kier alpha value is -2.54. The number of nitrogen functional groups attached to an aromatic ring is 1. The monoisotopic (exact) mass is 344 g/mol. The first-order chi connectivity index (χ1) is 11.8. The van der Waals surface area contributed by atoms with Gasteiger partial charge in [-0.25, -0.2) is 4.79 Å². The smallest absolute Gasteiger partial charge is 0.410 e. The lowest BCUT2D eigenvalue weighted by atomic mass is 10.0. The van der Waals surface area contributed by atoms with E-state index in [2.05, 4.69) is 10.2 Å². The predicted molar refractivity (Wildman–Crippen MR) is 94.9 cm³/mol. The number of aromatic amines is 1. The second-order valence-electron chi connectivity index (χ2n) is 7.12. The van der Waals surface area contributed by atoms with Gasteiger partial charge in [-0.05, 0) is 26.3 Å². The van der Waals surface area contributed by atoms with E-state index in [1.54, 1.807) is 11.0 Å². The summed E-state index contributed by atoms with van der Waals surface area (Å²) in [4.78, 5) is 14.0. The Kier molecular flexibility index (Phi) is 4.67. The molecule has 0 unspecified atom stereocenters. The number of hydrogen-bond donors (Lipinski definition) is 2. The molecular weight excluding hydrogens is 320 g/mol. The molecule has 3 N–H and O–H groups in total. The van der Waals surface area contributed by atoms with Gasteiger partial charge in [0.15, 0.2) is 0 Å². The highest BCUT2D eigenvalue weighted by Crippen LogP contribution is 2.26. The van der Waals surface area contributed by atoms with Crippen molar-refractivity contribution >= 4 is 11.9 Å². The maximum absolute atomic E-state index is 12.3. The van der Waals surface area contributed by atoms with Crippen molar-refractivity contribution in [2.24, 2.45) is 0 Å². The summed E-state index contributed by atoms with van der Waals surface area (Å²) < 4.78 is 11.3. The standard InChI is InChI=1S/C18H24N4O3/c1-18(2,3)25-17(23)22-8-9-24-15(11-22)13-6-4-12(5-7-13)14-10-16(19)21-20-14/h4-7,10,15H,8-9,11H2,1-3H3,(H3,19,20,21)/t15-/m1/s1. The van der Waals surface area contributed by atoms with Gasteiger partial charge in [0.05, 0.1) is 18.8 Å². The third-order valence-electron chi connectivity index (χ3n) is 3.89. The molecule has 1 aromatic heterocycles. The second kappa shape index (κ2) is 6.76.